The Hall–Kier alpha value is -1.93. The molecule has 1 fully saturated rings. The lowest BCUT2D eigenvalue weighted by Gasteiger charge is -2.21. The molecule has 1 heterocycles. The van der Waals surface area contributed by atoms with Crippen molar-refractivity contribution in [3.63, 3.8) is 0 Å². The number of aliphatic carboxylic acids is 1. The molecule has 23 heavy (non-hydrogen) atoms. The van der Waals surface area contributed by atoms with Gasteiger partial charge < -0.3 is 9.84 Å². The summed E-state index contributed by atoms with van der Waals surface area (Å²) in [5.74, 6) is -1.76. The van der Waals surface area contributed by atoms with Crippen LogP contribution >= 0.6 is 0 Å². The Morgan fingerprint density at radius 1 is 1.39 bits per heavy atom. The summed E-state index contributed by atoms with van der Waals surface area (Å²) in [5.41, 5.74) is 0.762. The van der Waals surface area contributed by atoms with Gasteiger partial charge in [-0.3, -0.25) is 4.79 Å². The van der Waals surface area contributed by atoms with E-state index >= 15 is 0 Å². The van der Waals surface area contributed by atoms with Crippen LogP contribution in [0.4, 0.5) is 0 Å². The molecular formula is C15H19NO6S. The van der Waals surface area contributed by atoms with Gasteiger partial charge in [0.15, 0.2) is 0 Å². The molecule has 1 N–H and O–H groups in total. The van der Waals surface area contributed by atoms with Crippen molar-refractivity contribution in [3.8, 4) is 0 Å². The third-order valence-corrected chi connectivity index (χ3v) is 5.70. The maximum Gasteiger partial charge on any atom is 0.338 e. The maximum atomic E-state index is 12.7. The molecule has 0 bridgehead atoms. The lowest BCUT2D eigenvalue weighted by Crippen LogP contribution is -2.40. The molecule has 0 spiro atoms. The third kappa shape index (κ3) is 3.37. The molecule has 1 aromatic carbocycles. The Balaban J connectivity index is 2.42. The minimum Gasteiger partial charge on any atom is -0.480 e. The number of rotatable bonds is 5. The van der Waals surface area contributed by atoms with E-state index in [4.69, 9.17) is 4.74 Å². The van der Waals surface area contributed by atoms with Gasteiger partial charge in [-0.25, -0.2) is 13.2 Å². The second kappa shape index (κ2) is 6.67. The first-order valence-corrected chi connectivity index (χ1v) is 8.75. The number of hydrogen-bond donors (Lipinski definition) is 1. The molecule has 0 aromatic heterocycles. The van der Waals surface area contributed by atoms with Crippen LogP contribution in [0.25, 0.3) is 0 Å². The van der Waals surface area contributed by atoms with Crippen LogP contribution in [0.5, 0.6) is 0 Å². The maximum absolute atomic E-state index is 12.7. The largest absolute Gasteiger partial charge is 0.480 e. The first kappa shape index (κ1) is 17.4. The molecule has 8 heteroatoms. The van der Waals surface area contributed by atoms with Crippen molar-refractivity contribution in [2.75, 3.05) is 13.2 Å². The van der Waals surface area contributed by atoms with Crippen molar-refractivity contribution < 1.29 is 27.9 Å². The zero-order chi connectivity index (χ0) is 17.2. The summed E-state index contributed by atoms with van der Waals surface area (Å²) in [6.07, 6.45) is 0.776. The van der Waals surface area contributed by atoms with E-state index in [-0.39, 0.29) is 30.0 Å². The highest BCUT2D eigenvalue weighted by molar-refractivity contribution is 7.89. The fourth-order valence-electron chi connectivity index (χ4n) is 2.60. The van der Waals surface area contributed by atoms with Crippen LogP contribution in [-0.4, -0.2) is 49.0 Å². The minimum absolute atomic E-state index is 0.0979. The zero-order valence-electron chi connectivity index (χ0n) is 13.0. The topological polar surface area (TPSA) is 101 Å². The van der Waals surface area contributed by atoms with Crippen molar-refractivity contribution in [2.45, 2.75) is 37.6 Å². The van der Waals surface area contributed by atoms with E-state index in [0.29, 0.717) is 12.0 Å². The van der Waals surface area contributed by atoms with Crippen LogP contribution in [0.1, 0.15) is 35.7 Å². The molecule has 2 rings (SSSR count). The van der Waals surface area contributed by atoms with E-state index in [9.17, 15) is 23.1 Å². The number of carbonyl (C=O) groups excluding carboxylic acids is 1. The Labute approximate surface area is 134 Å². The Kier molecular flexibility index (Phi) is 5.06. The second-order valence-electron chi connectivity index (χ2n) is 5.31. The van der Waals surface area contributed by atoms with Crippen molar-refractivity contribution >= 4 is 22.0 Å². The molecule has 1 aromatic rings. The number of carbonyl (C=O) groups is 2. The first-order chi connectivity index (χ1) is 10.8. The van der Waals surface area contributed by atoms with Crippen LogP contribution in [0.3, 0.4) is 0 Å². The number of nitrogens with zero attached hydrogens (tertiary/aromatic N) is 1. The summed E-state index contributed by atoms with van der Waals surface area (Å²) in [5, 5.41) is 9.17. The number of hydrogen-bond acceptors (Lipinski definition) is 5. The molecular weight excluding hydrogens is 322 g/mol. The smallest absolute Gasteiger partial charge is 0.338 e. The van der Waals surface area contributed by atoms with Gasteiger partial charge in [-0.05, 0) is 44.4 Å². The summed E-state index contributed by atoms with van der Waals surface area (Å²) in [6, 6.07) is 3.09. The van der Waals surface area contributed by atoms with Crippen molar-refractivity contribution in [1.82, 2.24) is 4.31 Å². The highest BCUT2D eigenvalue weighted by Crippen LogP contribution is 2.27. The first-order valence-electron chi connectivity index (χ1n) is 7.31. The fourth-order valence-corrected chi connectivity index (χ4v) is 4.28. The molecule has 1 saturated heterocycles. The molecule has 1 aliphatic heterocycles. The van der Waals surface area contributed by atoms with Gasteiger partial charge in [0.2, 0.25) is 10.0 Å². The Bertz CT molecular complexity index is 727. The molecule has 0 aliphatic carbocycles. The predicted octanol–water partition coefficient (Wildman–Crippen LogP) is 1.41. The van der Waals surface area contributed by atoms with Gasteiger partial charge in [-0.1, -0.05) is 6.07 Å². The monoisotopic (exact) mass is 341 g/mol. The number of esters is 1. The third-order valence-electron chi connectivity index (χ3n) is 3.80. The molecule has 0 amide bonds. The van der Waals surface area contributed by atoms with Gasteiger partial charge in [0, 0.05) is 6.54 Å². The van der Waals surface area contributed by atoms with Crippen LogP contribution in [0, 0.1) is 6.92 Å². The highest BCUT2D eigenvalue weighted by atomic mass is 32.2. The second-order valence-corrected chi connectivity index (χ2v) is 7.20. The van der Waals surface area contributed by atoms with Crippen LogP contribution in [0.2, 0.25) is 0 Å². The zero-order valence-corrected chi connectivity index (χ0v) is 13.8. The number of ether oxygens (including phenoxy) is 1. The molecule has 7 nitrogen and oxygen atoms in total. The van der Waals surface area contributed by atoms with E-state index < -0.39 is 28.0 Å². The van der Waals surface area contributed by atoms with E-state index in [0.717, 1.165) is 4.31 Å². The van der Waals surface area contributed by atoms with E-state index in [1.165, 1.54) is 18.2 Å². The number of aryl methyl sites for hydroxylation is 1. The van der Waals surface area contributed by atoms with Crippen molar-refractivity contribution in [3.05, 3.63) is 29.3 Å². The van der Waals surface area contributed by atoms with Crippen molar-refractivity contribution in [1.29, 1.82) is 0 Å². The molecule has 1 atom stereocenters. The molecule has 0 radical (unpaired) electrons. The summed E-state index contributed by atoms with van der Waals surface area (Å²) < 4.78 is 31.3. The van der Waals surface area contributed by atoms with Gasteiger partial charge in [-0.15, -0.1) is 0 Å². The van der Waals surface area contributed by atoms with Gasteiger partial charge in [0.1, 0.15) is 6.04 Å². The Morgan fingerprint density at radius 2 is 2.09 bits per heavy atom. The highest BCUT2D eigenvalue weighted by Gasteiger charge is 2.39. The standard InChI is InChI=1S/C15H19NO6S/c1-3-22-15(19)12-9-11(7-6-10(12)2)23(20,21)16-8-4-5-13(16)14(17)18/h6-7,9,13H,3-5,8H2,1-2H3,(H,17,18). The van der Waals surface area contributed by atoms with E-state index in [2.05, 4.69) is 0 Å². The summed E-state index contributed by atoms with van der Waals surface area (Å²) in [6.45, 7) is 3.68. The van der Waals surface area contributed by atoms with Crippen LogP contribution in [-0.2, 0) is 19.6 Å². The summed E-state index contributed by atoms with van der Waals surface area (Å²) in [4.78, 5) is 23.0. The van der Waals surface area contributed by atoms with Crippen molar-refractivity contribution in [2.24, 2.45) is 0 Å². The minimum atomic E-state index is -3.98. The van der Waals surface area contributed by atoms with E-state index in [1.807, 2.05) is 0 Å². The molecule has 1 unspecified atom stereocenters. The number of carboxylic acid groups (broad SMARTS) is 1. The fraction of sp³-hybridized carbons (Fsp3) is 0.467. The van der Waals surface area contributed by atoms with Gasteiger partial charge in [0.05, 0.1) is 17.1 Å². The quantitative estimate of drug-likeness (QED) is 0.813. The Morgan fingerprint density at radius 3 is 2.70 bits per heavy atom. The normalized spacial score (nSPS) is 18.8. The summed E-state index contributed by atoms with van der Waals surface area (Å²) >= 11 is 0. The summed E-state index contributed by atoms with van der Waals surface area (Å²) in [7, 11) is -3.98. The molecule has 1 aliphatic rings. The molecule has 0 saturated carbocycles. The number of benzene rings is 1. The van der Waals surface area contributed by atoms with Gasteiger partial charge in [-0.2, -0.15) is 4.31 Å². The van der Waals surface area contributed by atoms with Crippen LogP contribution in [0.15, 0.2) is 23.1 Å². The van der Waals surface area contributed by atoms with Gasteiger partial charge in [0.25, 0.3) is 0 Å². The lowest BCUT2D eigenvalue weighted by atomic mass is 10.1. The average molecular weight is 341 g/mol. The average Bonchev–Trinajstić information content (AvgIpc) is 2.98. The number of sulfonamides is 1. The van der Waals surface area contributed by atoms with Gasteiger partial charge >= 0.3 is 11.9 Å². The van der Waals surface area contributed by atoms with Crippen LogP contribution < -0.4 is 0 Å². The number of carboxylic acids is 1. The van der Waals surface area contributed by atoms with E-state index in [1.54, 1.807) is 13.8 Å². The predicted molar refractivity (Wildman–Crippen MR) is 81.7 cm³/mol. The lowest BCUT2D eigenvalue weighted by molar-refractivity contribution is -0.140. The molecule has 126 valence electrons. The SMILES string of the molecule is CCOC(=O)c1cc(S(=O)(=O)N2CCCC2C(=O)O)ccc1C.